The summed E-state index contributed by atoms with van der Waals surface area (Å²) < 4.78 is 25.8. The Balaban J connectivity index is 1.53. The van der Waals surface area contributed by atoms with Crippen LogP contribution in [0.1, 0.15) is 12.6 Å². The molecule has 0 spiro atoms. The molecule has 3 aromatic heterocycles. The van der Waals surface area contributed by atoms with Crippen LogP contribution in [0.3, 0.4) is 0 Å². The number of amides is 1. The maximum atomic E-state index is 13.3. The van der Waals surface area contributed by atoms with Gasteiger partial charge in [-0.2, -0.15) is 4.98 Å². The molecule has 1 N–H and O–H groups in total. The first-order valence-corrected chi connectivity index (χ1v) is 11.6. The van der Waals surface area contributed by atoms with Gasteiger partial charge in [0.15, 0.2) is 0 Å². The standard InChI is InChI=1S/C27H22FN5O4/c1-3-36-22-7-5-4-6-21(22)30-23(34)15-33-14-20(24(35)19-13-8-16(2)29-26(19)33)27-31-25(32-37-27)17-9-11-18(28)12-10-17/h4-14H,3,15H2,1-2H3,(H,30,34). The lowest BCUT2D eigenvalue weighted by atomic mass is 10.1. The number of pyridine rings is 2. The van der Waals surface area contributed by atoms with Crippen molar-refractivity contribution < 1.29 is 18.4 Å². The third kappa shape index (κ3) is 4.94. The second-order valence-corrected chi connectivity index (χ2v) is 8.23. The predicted molar refractivity (Wildman–Crippen MR) is 136 cm³/mol. The van der Waals surface area contributed by atoms with Gasteiger partial charge in [-0.15, -0.1) is 0 Å². The number of hydrogen-bond acceptors (Lipinski definition) is 7. The number of ether oxygens (including phenoxy) is 1. The van der Waals surface area contributed by atoms with Crippen molar-refractivity contribution in [3.05, 3.63) is 88.6 Å². The fourth-order valence-electron chi connectivity index (χ4n) is 3.88. The fraction of sp³-hybridized carbons (Fsp3) is 0.148. The largest absolute Gasteiger partial charge is 0.492 e. The molecule has 0 radical (unpaired) electrons. The van der Waals surface area contributed by atoms with E-state index in [1.807, 2.05) is 13.0 Å². The van der Waals surface area contributed by atoms with E-state index in [0.29, 0.717) is 40.3 Å². The van der Waals surface area contributed by atoms with Gasteiger partial charge in [0.05, 0.1) is 17.7 Å². The molecule has 0 fully saturated rings. The molecule has 0 aliphatic carbocycles. The summed E-state index contributed by atoms with van der Waals surface area (Å²) in [6.45, 7) is 3.97. The Bertz CT molecular complexity index is 1660. The molecule has 0 saturated heterocycles. The quantitative estimate of drug-likeness (QED) is 0.348. The average molecular weight is 500 g/mol. The van der Waals surface area contributed by atoms with Crippen molar-refractivity contribution in [3.63, 3.8) is 0 Å². The van der Waals surface area contributed by atoms with Crippen LogP contribution in [-0.4, -0.2) is 32.2 Å². The minimum Gasteiger partial charge on any atom is -0.492 e. The number of aryl methyl sites for hydroxylation is 1. The number of nitrogens with one attached hydrogen (secondary N) is 1. The summed E-state index contributed by atoms with van der Waals surface area (Å²) >= 11 is 0. The topological polar surface area (TPSA) is 112 Å². The molecule has 37 heavy (non-hydrogen) atoms. The van der Waals surface area contributed by atoms with Gasteiger partial charge in [0.25, 0.3) is 5.89 Å². The molecule has 0 unspecified atom stereocenters. The lowest BCUT2D eigenvalue weighted by Gasteiger charge is -2.14. The number of rotatable bonds is 7. The molecule has 9 nitrogen and oxygen atoms in total. The normalized spacial score (nSPS) is 11.0. The van der Waals surface area contributed by atoms with Gasteiger partial charge in [0.1, 0.15) is 29.3 Å². The average Bonchev–Trinajstić information content (AvgIpc) is 3.37. The first-order valence-electron chi connectivity index (χ1n) is 11.6. The zero-order valence-corrected chi connectivity index (χ0v) is 20.1. The smallest absolute Gasteiger partial charge is 0.263 e. The first kappa shape index (κ1) is 23.9. The summed E-state index contributed by atoms with van der Waals surface area (Å²) in [7, 11) is 0. The lowest BCUT2D eigenvalue weighted by molar-refractivity contribution is -0.116. The number of carbonyl (C=O) groups excluding carboxylic acids is 1. The molecule has 5 aromatic rings. The van der Waals surface area contributed by atoms with E-state index < -0.39 is 5.82 Å². The number of aromatic nitrogens is 4. The van der Waals surface area contributed by atoms with Crippen LogP contribution in [0, 0.1) is 12.7 Å². The van der Waals surface area contributed by atoms with Crippen LogP contribution < -0.4 is 15.5 Å². The lowest BCUT2D eigenvalue weighted by Crippen LogP contribution is -2.22. The predicted octanol–water partition coefficient (Wildman–Crippen LogP) is 4.60. The molecule has 0 aliphatic rings. The molecule has 10 heteroatoms. The Morgan fingerprint density at radius 1 is 1.08 bits per heavy atom. The molecule has 3 heterocycles. The number of anilines is 1. The maximum absolute atomic E-state index is 13.3. The van der Waals surface area contributed by atoms with Crippen LogP contribution in [0.2, 0.25) is 0 Å². The van der Waals surface area contributed by atoms with Gasteiger partial charge in [-0.3, -0.25) is 9.59 Å². The van der Waals surface area contributed by atoms with Crippen LogP contribution in [0.4, 0.5) is 10.1 Å². The van der Waals surface area contributed by atoms with E-state index in [1.54, 1.807) is 41.8 Å². The van der Waals surface area contributed by atoms with Crippen molar-refractivity contribution in [1.29, 1.82) is 0 Å². The summed E-state index contributed by atoms with van der Waals surface area (Å²) in [5.41, 5.74) is 1.84. The minimum atomic E-state index is -0.394. The molecule has 0 saturated carbocycles. The van der Waals surface area contributed by atoms with E-state index in [1.165, 1.54) is 30.5 Å². The van der Waals surface area contributed by atoms with Crippen molar-refractivity contribution in [2.75, 3.05) is 11.9 Å². The highest BCUT2D eigenvalue weighted by Gasteiger charge is 2.19. The van der Waals surface area contributed by atoms with Crippen LogP contribution in [-0.2, 0) is 11.3 Å². The Labute approximate surface area is 210 Å². The molecular weight excluding hydrogens is 477 g/mol. The van der Waals surface area contributed by atoms with E-state index >= 15 is 0 Å². The van der Waals surface area contributed by atoms with Gasteiger partial charge in [-0.05, 0) is 62.4 Å². The molecule has 0 atom stereocenters. The van der Waals surface area contributed by atoms with Crippen molar-refractivity contribution in [3.8, 4) is 28.6 Å². The summed E-state index contributed by atoms with van der Waals surface area (Å²) in [6.07, 6.45) is 1.48. The van der Waals surface area contributed by atoms with Crippen LogP contribution in [0.15, 0.2) is 76.2 Å². The number of para-hydroxylation sites is 2. The molecule has 186 valence electrons. The monoisotopic (exact) mass is 499 g/mol. The highest BCUT2D eigenvalue weighted by Crippen LogP contribution is 2.25. The number of halogens is 1. The second kappa shape index (κ2) is 10.0. The SMILES string of the molecule is CCOc1ccccc1NC(=O)Cn1cc(-c2nc(-c3ccc(F)cc3)no2)c(=O)c2ccc(C)nc21. The van der Waals surface area contributed by atoms with Gasteiger partial charge >= 0.3 is 0 Å². The van der Waals surface area contributed by atoms with E-state index in [0.717, 1.165) is 0 Å². The Kier molecular flexibility index (Phi) is 6.46. The maximum Gasteiger partial charge on any atom is 0.263 e. The van der Waals surface area contributed by atoms with Crippen LogP contribution >= 0.6 is 0 Å². The van der Waals surface area contributed by atoms with Crippen LogP contribution in [0.25, 0.3) is 33.9 Å². The Morgan fingerprint density at radius 3 is 2.65 bits per heavy atom. The van der Waals surface area contributed by atoms with Crippen LogP contribution in [0.5, 0.6) is 5.75 Å². The number of hydrogen-bond donors (Lipinski definition) is 1. The molecule has 2 aromatic carbocycles. The Morgan fingerprint density at radius 2 is 1.86 bits per heavy atom. The molecule has 0 bridgehead atoms. The molecule has 0 aliphatic heterocycles. The van der Waals surface area contributed by atoms with Gasteiger partial charge < -0.3 is 19.1 Å². The summed E-state index contributed by atoms with van der Waals surface area (Å²) in [4.78, 5) is 35.2. The zero-order valence-electron chi connectivity index (χ0n) is 20.1. The van der Waals surface area contributed by atoms with Gasteiger partial charge in [-0.1, -0.05) is 17.3 Å². The highest BCUT2D eigenvalue weighted by atomic mass is 19.1. The number of fused-ring (bicyclic) bond motifs is 1. The molecule has 1 amide bonds. The molecule has 5 rings (SSSR count). The Hall–Kier alpha value is -4.86. The van der Waals surface area contributed by atoms with E-state index in [2.05, 4.69) is 20.4 Å². The second-order valence-electron chi connectivity index (χ2n) is 8.23. The summed E-state index contributed by atoms with van der Waals surface area (Å²) in [5, 5.41) is 7.09. The zero-order chi connectivity index (χ0) is 25.9. The van der Waals surface area contributed by atoms with Gasteiger partial charge in [0.2, 0.25) is 17.2 Å². The minimum absolute atomic E-state index is 0.0253. The highest BCUT2D eigenvalue weighted by molar-refractivity contribution is 5.93. The third-order valence-corrected chi connectivity index (χ3v) is 5.59. The van der Waals surface area contributed by atoms with Crippen molar-refractivity contribution in [2.24, 2.45) is 0 Å². The van der Waals surface area contributed by atoms with Crippen molar-refractivity contribution >= 4 is 22.6 Å². The van der Waals surface area contributed by atoms with E-state index in [9.17, 15) is 14.0 Å². The first-order chi connectivity index (χ1) is 17.9. The summed E-state index contributed by atoms with van der Waals surface area (Å²) in [5.74, 6) is -0.00770. The number of carbonyl (C=O) groups is 1. The van der Waals surface area contributed by atoms with Crippen molar-refractivity contribution in [2.45, 2.75) is 20.4 Å². The van der Waals surface area contributed by atoms with Crippen molar-refractivity contribution in [1.82, 2.24) is 19.7 Å². The van der Waals surface area contributed by atoms with E-state index in [4.69, 9.17) is 9.26 Å². The van der Waals surface area contributed by atoms with E-state index in [-0.39, 0.29) is 35.2 Å². The number of benzene rings is 2. The molecular formula is C27H22FN5O4. The van der Waals surface area contributed by atoms with Gasteiger partial charge in [0, 0.05) is 17.5 Å². The van der Waals surface area contributed by atoms with Gasteiger partial charge in [-0.25, -0.2) is 9.37 Å². The fourth-order valence-corrected chi connectivity index (χ4v) is 3.88. The number of nitrogens with zero attached hydrogens (tertiary/aromatic N) is 4. The summed E-state index contributed by atoms with van der Waals surface area (Å²) in [6, 6.07) is 16.1. The third-order valence-electron chi connectivity index (χ3n) is 5.59.